The van der Waals surface area contributed by atoms with E-state index in [0.29, 0.717) is 12.1 Å². The van der Waals surface area contributed by atoms with Gasteiger partial charge in [-0.25, -0.2) is 0 Å². The molecular formula is C29H35N3O. The summed E-state index contributed by atoms with van der Waals surface area (Å²) >= 11 is 0. The Bertz CT molecular complexity index is 1080. The van der Waals surface area contributed by atoms with Crippen molar-refractivity contribution in [3.63, 3.8) is 0 Å². The maximum Gasteiger partial charge on any atom is 0.119 e. The second-order valence-electron chi connectivity index (χ2n) is 9.62. The van der Waals surface area contributed by atoms with Crippen LogP contribution in [0.4, 0.5) is 0 Å². The molecule has 1 unspecified atom stereocenters. The highest BCUT2D eigenvalue weighted by Gasteiger charge is 2.35. The summed E-state index contributed by atoms with van der Waals surface area (Å²) < 4.78 is 5.60. The second-order valence-corrected chi connectivity index (χ2v) is 9.62. The van der Waals surface area contributed by atoms with Gasteiger partial charge in [-0.2, -0.15) is 0 Å². The molecule has 0 spiro atoms. The van der Waals surface area contributed by atoms with Crippen LogP contribution in [0.1, 0.15) is 47.7 Å². The van der Waals surface area contributed by atoms with Crippen LogP contribution in [-0.4, -0.2) is 42.1 Å². The summed E-state index contributed by atoms with van der Waals surface area (Å²) in [5.74, 6) is 0.920. The van der Waals surface area contributed by atoms with Gasteiger partial charge >= 0.3 is 0 Å². The third-order valence-corrected chi connectivity index (χ3v) is 7.31. The maximum absolute atomic E-state index is 5.60. The zero-order chi connectivity index (χ0) is 22.8. The van der Waals surface area contributed by atoms with Crippen molar-refractivity contribution in [3.8, 4) is 5.75 Å². The largest absolute Gasteiger partial charge is 0.497 e. The van der Waals surface area contributed by atoms with E-state index in [4.69, 9.17) is 4.74 Å². The van der Waals surface area contributed by atoms with Gasteiger partial charge < -0.3 is 10.1 Å². The quantitative estimate of drug-likeness (QED) is 0.584. The van der Waals surface area contributed by atoms with E-state index in [1.165, 1.54) is 27.8 Å². The van der Waals surface area contributed by atoms with Crippen LogP contribution in [0, 0.1) is 0 Å². The molecule has 0 saturated carbocycles. The predicted molar refractivity (Wildman–Crippen MR) is 134 cm³/mol. The number of rotatable bonds is 6. The summed E-state index contributed by atoms with van der Waals surface area (Å²) in [4.78, 5) is 5.33. The van der Waals surface area contributed by atoms with Gasteiger partial charge in [-0.3, -0.25) is 9.80 Å². The minimum absolute atomic E-state index is 0.210. The van der Waals surface area contributed by atoms with Gasteiger partial charge in [0.05, 0.1) is 13.2 Å². The Morgan fingerprint density at radius 2 is 1.64 bits per heavy atom. The Kier molecular flexibility index (Phi) is 6.50. The van der Waals surface area contributed by atoms with Gasteiger partial charge in [0.1, 0.15) is 5.75 Å². The molecule has 1 fully saturated rings. The number of fused-ring (bicyclic) bond motifs is 1. The molecule has 1 N–H and O–H groups in total. The van der Waals surface area contributed by atoms with Crippen LogP contribution in [-0.2, 0) is 19.6 Å². The van der Waals surface area contributed by atoms with Crippen molar-refractivity contribution in [1.82, 2.24) is 15.1 Å². The molecule has 2 aliphatic rings. The molecule has 33 heavy (non-hydrogen) atoms. The standard InChI is InChI=1S/C29H35N3O/c1-21-19-32(22(2)18-31(21)20-23-8-5-4-6-9-23)29(24-10-7-11-28(15-24)33-3)25-12-13-26-16-30-17-27(26)14-25/h4-15,21-22,29-30H,16-20H2,1-3H3/t21-,22-,29?/m1/s1. The van der Waals surface area contributed by atoms with E-state index in [9.17, 15) is 0 Å². The number of hydrogen-bond donors (Lipinski definition) is 1. The van der Waals surface area contributed by atoms with Crippen molar-refractivity contribution >= 4 is 0 Å². The molecule has 0 aromatic heterocycles. The average Bonchev–Trinajstić information content (AvgIpc) is 3.31. The fourth-order valence-electron chi connectivity index (χ4n) is 5.49. The Morgan fingerprint density at radius 3 is 2.45 bits per heavy atom. The SMILES string of the molecule is COc1cccc(C(c2ccc3c(c2)CNC3)N2C[C@@H](C)N(Cc3ccccc3)C[C@H]2C)c1. The van der Waals surface area contributed by atoms with E-state index in [2.05, 4.69) is 95.7 Å². The summed E-state index contributed by atoms with van der Waals surface area (Å²) in [6.07, 6.45) is 0. The van der Waals surface area contributed by atoms with Crippen molar-refractivity contribution in [1.29, 1.82) is 0 Å². The molecule has 2 aliphatic heterocycles. The lowest BCUT2D eigenvalue weighted by Gasteiger charge is -2.48. The molecule has 5 rings (SSSR count). The van der Waals surface area contributed by atoms with E-state index >= 15 is 0 Å². The number of ether oxygens (including phenoxy) is 1. The first-order valence-corrected chi connectivity index (χ1v) is 12.1. The molecular weight excluding hydrogens is 406 g/mol. The maximum atomic E-state index is 5.60. The molecule has 2 heterocycles. The van der Waals surface area contributed by atoms with E-state index in [0.717, 1.165) is 38.5 Å². The van der Waals surface area contributed by atoms with E-state index in [-0.39, 0.29) is 6.04 Å². The highest BCUT2D eigenvalue weighted by atomic mass is 16.5. The second kappa shape index (κ2) is 9.68. The van der Waals surface area contributed by atoms with Gasteiger partial charge in [0, 0.05) is 44.8 Å². The number of nitrogens with zero attached hydrogens (tertiary/aromatic N) is 2. The molecule has 4 heteroatoms. The zero-order valence-corrected chi connectivity index (χ0v) is 20.0. The van der Waals surface area contributed by atoms with Crippen LogP contribution >= 0.6 is 0 Å². The lowest BCUT2D eigenvalue weighted by atomic mass is 9.91. The number of methoxy groups -OCH3 is 1. The first-order valence-electron chi connectivity index (χ1n) is 12.1. The molecule has 0 amide bonds. The third-order valence-electron chi connectivity index (χ3n) is 7.31. The van der Waals surface area contributed by atoms with Crippen molar-refractivity contribution in [3.05, 3.63) is 101 Å². The van der Waals surface area contributed by atoms with Crippen molar-refractivity contribution in [2.45, 2.75) is 51.6 Å². The van der Waals surface area contributed by atoms with E-state index in [1.807, 2.05) is 6.07 Å². The molecule has 1 saturated heterocycles. The Morgan fingerprint density at radius 1 is 0.848 bits per heavy atom. The van der Waals surface area contributed by atoms with Crippen LogP contribution in [0.25, 0.3) is 0 Å². The first kappa shape index (κ1) is 22.1. The monoisotopic (exact) mass is 441 g/mol. The molecule has 4 nitrogen and oxygen atoms in total. The topological polar surface area (TPSA) is 27.7 Å². The van der Waals surface area contributed by atoms with Crippen LogP contribution in [0.15, 0.2) is 72.8 Å². The van der Waals surface area contributed by atoms with E-state index in [1.54, 1.807) is 7.11 Å². The highest BCUT2D eigenvalue weighted by Crippen LogP contribution is 2.36. The van der Waals surface area contributed by atoms with Crippen LogP contribution in [0.2, 0.25) is 0 Å². The summed E-state index contributed by atoms with van der Waals surface area (Å²) in [6, 6.07) is 27.7. The summed E-state index contributed by atoms with van der Waals surface area (Å²) in [5.41, 5.74) is 6.93. The fourth-order valence-corrected chi connectivity index (χ4v) is 5.49. The fraction of sp³-hybridized carbons (Fsp3) is 0.379. The van der Waals surface area contributed by atoms with Crippen LogP contribution in [0.5, 0.6) is 5.75 Å². The molecule has 0 radical (unpaired) electrons. The van der Waals surface area contributed by atoms with Crippen molar-refractivity contribution in [2.75, 3.05) is 20.2 Å². The molecule has 0 aliphatic carbocycles. The molecule has 3 aromatic carbocycles. The summed E-state index contributed by atoms with van der Waals surface area (Å²) in [6.45, 7) is 9.79. The third kappa shape index (κ3) is 4.70. The minimum atomic E-state index is 0.210. The van der Waals surface area contributed by atoms with Gasteiger partial charge in [-0.1, -0.05) is 60.7 Å². The molecule has 3 aromatic rings. The molecule has 3 atom stereocenters. The van der Waals surface area contributed by atoms with Gasteiger partial charge in [-0.15, -0.1) is 0 Å². The van der Waals surface area contributed by atoms with Gasteiger partial charge in [-0.05, 0) is 53.8 Å². The number of benzene rings is 3. The minimum Gasteiger partial charge on any atom is -0.497 e. The predicted octanol–water partition coefficient (Wildman–Crippen LogP) is 4.98. The lowest BCUT2D eigenvalue weighted by Crippen LogP contribution is -2.56. The number of hydrogen-bond acceptors (Lipinski definition) is 4. The molecule has 172 valence electrons. The Balaban J connectivity index is 1.46. The van der Waals surface area contributed by atoms with Crippen molar-refractivity contribution in [2.24, 2.45) is 0 Å². The normalized spacial score (nSPS) is 22.2. The summed E-state index contributed by atoms with van der Waals surface area (Å²) in [7, 11) is 1.75. The Labute approximate surface area is 198 Å². The van der Waals surface area contributed by atoms with E-state index < -0.39 is 0 Å². The van der Waals surface area contributed by atoms with Gasteiger partial charge in [0.2, 0.25) is 0 Å². The zero-order valence-electron chi connectivity index (χ0n) is 20.0. The van der Waals surface area contributed by atoms with Crippen LogP contribution < -0.4 is 10.1 Å². The summed E-state index contributed by atoms with van der Waals surface area (Å²) in [5, 5.41) is 3.50. The number of nitrogens with one attached hydrogen (secondary N) is 1. The van der Waals surface area contributed by atoms with Crippen LogP contribution in [0.3, 0.4) is 0 Å². The lowest BCUT2D eigenvalue weighted by molar-refractivity contribution is 0.0195. The first-order chi connectivity index (χ1) is 16.1. The molecule has 0 bridgehead atoms. The van der Waals surface area contributed by atoms with Gasteiger partial charge in [0.15, 0.2) is 0 Å². The number of piperazine rings is 1. The average molecular weight is 442 g/mol. The van der Waals surface area contributed by atoms with Gasteiger partial charge in [0.25, 0.3) is 0 Å². The smallest absolute Gasteiger partial charge is 0.119 e. The Hall–Kier alpha value is -2.66. The van der Waals surface area contributed by atoms with Crippen molar-refractivity contribution < 1.29 is 4.74 Å². The highest BCUT2D eigenvalue weighted by molar-refractivity contribution is 5.42.